The van der Waals surface area contributed by atoms with Gasteiger partial charge >= 0.3 is 11.9 Å². The number of pyridine rings is 2. The third kappa shape index (κ3) is 8.38. The highest BCUT2D eigenvalue weighted by molar-refractivity contribution is 9.10. The van der Waals surface area contributed by atoms with Crippen LogP contribution in [0.3, 0.4) is 0 Å². The molecule has 0 saturated heterocycles. The lowest BCUT2D eigenvalue weighted by atomic mass is 10.3. The van der Waals surface area contributed by atoms with Crippen LogP contribution >= 0.6 is 31.9 Å². The SMILES string of the molecule is CO.COC(=O)c1ccnc(Br)c1.O=C(O)c1ccnc(Br)c1. The number of rotatable bonds is 2. The quantitative estimate of drug-likeness (QED) is 0.535. The smallest absolute Gasteiger partial charge is 0.337 e. The summed E-state index contributed by atoms with van der Waals surface area (Å²) in [6.07, 6.45) is 2.98. The maximum absolute atomic E-state index is 10.9. The molecular formula is C14H14Br2N2O5. The van der Waals surface area contributed by atoms with E-state index in [2.05, 4.69) is 46.6 Å². The molecule has 124 valence electrons. The first-order valence-electron chi connectivity index (χ1n) is 5.93. The summed E-state index contributed by atoms with van der Waals surface area (Å²) in [5, 5.41) is 15.5. The van der Waals surface area contributed by atoms with E-state index in [1.54, 1.807) is 12.1 Å². The molecule has 0 saturated carbocycles. The van der Waals surface area contributed by atoms with E-state index < -0.39 is 5.97 Å². The van der Waals surface area contributed by atoms with Gasteiger partial charge in [0.1, 0.15) is 9.21 Å². The first kappa shape index (κ1) is 21.2. The number of aliphatic hydroxyl groups excluding tert-OH is 1. The Labute approximate surface area is 149 Å². The number of carbonyl (C=O) groups is 2. The number of ether oxygens (including phenoxy) is 1. The summed E-state index contributed by atoms with van der Waals surface area (Å²) in [4.78, 5) is 28.8. The van der Waals surface area contributed by atoms with Crippen molar-refractivity contribution in [1.82, 2.24) is 9.97 Å². The molecule has 2 rings (SSSR count). The number of carbonyl (C=O) groups excluding carboxylic acids is 1. The van der Waals surface area contributed by atoms with Crippen molar-refractivity contribution in [1.29, 1.82) is 0 Å². The minimum atomic E-state index is -0.942. The Bertz CT molecular complexity index is 653. The van der Waals surface area contributed by atoms with Crippen molar-refractivity contribution < 1.29 is 24.5 Å². The Morgan fingerprint density at radius 1 is 1.00 bits per heavy atom. The lowest BCUT2D eigenvalue weighted by molar-refractivity contribution is 0.0599. The number of carboxylic acid groups (broad SMARTS) is 1. The first-order chi connectivity index (χ1) is 10.9. The van der Waals surface area contributed by atoms with Crippen molar-refractivity contribution in [2.75, 3.05) is 14.2 Å². The summed E-state index contributed by atoms with van der Waals surface area (Å²) in [5.41, 5.74) is 0.733. The van der Waals surface area contributed by atoms with E-state index in [-0.39, 0.29) is 11.5 Å². The van der Waals surface area contributed by atoms with E-state index in [0.29, 0.717) is 14.8 Å². The van der Waals surface area contributed by atoms with Crippen molar-refractivity contribution in [3.8, 4) is 0 Å². The van der Waals surface area contributed by atoms with Crippen LogP contribution in [0.5, 0.6) is 0 Å². The Balaban J connectivity index is 0.000000381. The van der Waals surface area contributed by atoms with Gasteiger partial charge in [0.05, 0.1) is 18.2 Å². The number of aromatic nitrogens is 2. The van der Waals surface area contributed by atoms with Crippen LogP contribution in [0, 0.1) is 0 Å². The molecule has 0 aromatic carbocycles. The highest BCUT2D eigenvalue weighted by Crippen LogP contribution is 2.08. The van der Waals surface area contributed by atoms with Crippen molar-refractivity contribution >= 4 is 43.8 Å². The third-order valence-electron chi connectivity index (χ3n) is 2.12. The van der Waals surface area contributed by atoms with E-state index in [1.165, 1.54) is 31.6 Å². The maximum Gasteiger partial charge on any atom is 0.337 e. The van der Waals surface area contributed by atoms with Crippen LogP contribution in [0.2, 0.25) is 0 Å². The van der Waals surface area contributed by atoms with E-state index in [1.807, 2.05) is 0 Å². The largest absolute Gasteiger partial charge is 0.478 e. The Hall–Kier alpha value is -1.84. The second-order valence-electron chi connectivity index (χ2n) is 3.53. The summed E-state index contributed by atoms with van der Waals surface area (Å²) >= 11 is 6.20. The van der Waals surface area contributed by atoms with Gasteiger partial charge in [-0.2, -0.15) is 0 Å². The fourth-order valence-electron chi connectivity index (χ4n) is 1.18. The molecule has 0 unspecified atom stereocenters. The van der Waals surface area contributed by atoms with Crippen molar-refractivity contribution in [2.24, 2.45) is 0 Å². The second kappa shape index (κ2) is 11.7. The molecule has 0 radical (unpaired) electrons. The monoisotopic (exact) mass is 448 g/mol. The van der Waals surface area contributed by atoms with Crippen molar-refractivity contribution in [2.45, 2.75) is 0 Å². The van der Waals surface area contributed by atoms with Crippen LogP contribution in [-0.4, -0.2) is 46.3 Å². The van der Waals surface area contributed by atoms with E-state index >= 15 is 0 Å². The van der Waals surface area contributed by atoms with Crippen molar-refractivity contribution in [3.05, 3.63) is 57.0 Å². The van der Waals surface area contributed by atoms with E-state index in [4.69, 9.17) is 10.2 Å². The summed E-state index contributed by atoms with van der Waals surface area (Å²) in [6.45, 7) is 0. The van der Waals surface area contributed by atoms with Gasteiger partial charge in [-0.15, -0.1) is 0 Å². The number of aromatic carboxylic acids is 1. The predicted molar refractivity (Wildman–Crippen MR) is 90.3 cm³/mol. The van der Waals surface area contributed by atoms with Gasteiger partial charge in [-0.3, -0.25) is 0 Å². The summed E-state index contributed by atoms with van der Waals surface area (Å²) in [7, 11) is 2.34. The van der Waals surface area contributed by atoms with Crippen LogP contribution in [0.4, 0.5) is 0 Å². The molecule has 2 aromatic rings. The van der Waals surface area contributed by atoms with Gasteiger partial charge < -0.3 is 14.9 Å². The van der Waals surface area contributed by atoms with Crippen LogP contribution < -0.4 is 0 Å². The van der Waals surface area contributed by atoms with Crippen LogP contribution in [-0.2, 0) is 4.74 Å². The molecule has 9 heteroatoms. The second-order valence-corrected chi connectivity index (χ2v) is 5.16. The molecule has 2 heterocycles. The fraction of sp³-hybridized carbons (Fsp3) is 0.143. The Morgan fingerprint density at radius 3 is 1.78 bits per heavy atom. The summed E-state index contributed by atoms with van der Waals surface area (Å²) < 4.78 is 5.66. The van der Waals surface area contributed by atoms with E-state index in [0.717, 1.165) is 7.11 Å². The average molecular weight is 450 g/mol. The molecule has 2 N–H and O–H groups in total. The van der Waals surface area contributed by atoms with E-state index in [9.17, 15) is 9.59 Å². The zero-order valence-corrected chi connectivity index (χ0v) is 15.4. The zero-order valence-electron chi connectivity index (χ0n) is 12.2. The molecule has 0 aliphatic carbocycles. The number of methoxy groups -OCH3 is 1. The van der Waals surface area contributed by atoms with Crippen LogP contribution in [0.1, 0.15) is 20.7 Å². The standard InChI is InChI=1S/C7H6BrNO2.C6H4BrNO2.CH4O/c1-11-7(10)5-2-3-9-6(8)4-5;7-5-3-4(6(9)10)1-2-8-5;1-2/h2-4H,1H3;1-3H,(H,9,10);2H,1H3. The molecule has 0 bridgehead atoms. The molecule has 2 aromatic heterocycles. The van der Waals surface area contributed by atoms with Gasteiger partial charge in [0, 0.05) is 19.5 Å². The summed E-state index contributed by atoms with van der Waals surface area (Å²) in [6, 6.07) is 6.08. The lowest BCUT2D eigenvalue weighted by Crippen LogP contribution is -2.00. The highest BCUT2D eigenvalue weighted by atomic mass is 79.9. The number of nitrogens with zero attached hydrogens (tertiary/aromatic N) is 2. The van der Waals surface area contributed by atoms with Gasteiger partial charge in [-0.05, 0) is 56.1 Å². The topological polar surface area (TPSA) is 110 Å². The number of carboxylic acids is 1. The molecule has 0 fully saturated rings. The van der Waals surface area contributed by atoms with Crippen molar-refractivity contribution in [3.63, 3.8) is 0 Å². The molecule has 0 atom stereocenters. The summed E-state index contributed by atoms with van der Waals surface area (Å²) in [5.74, 6) is -1.30. The van der Waals surface area contributed by atoms with Crippen LogP contribution in [0.25, 0.3) is 0 Å². The van der Waals surface area contributed by atoms with Gasteiger partial charge in [-0.25, -0.2) is 19.6 Å². The molecule has 0 amide bonds. The van der Waals surface area contributed by atoms with Gasteiger partial charge in [0.25, 0.3) is 0 Å². The number of hydrogen-bond donors (Lipinski definition) is 2. The molecule has 0 spiro atoms. The molecular weight excluding hydrogens is 436 g/mol. The normalized spacial score (nSPS) is 8.74. The third-order valence-corrected chi connectivity index (χ3v) is 2.99. The molecule has 0 aliphatic heterocycles. The Kier molecular flexibility index (Phi) is 10.8. The minimum Gasteiger partial charge on any atom is -0.478 e. The van der Waals surface area contributed by atoms with Gasteiger partial charge in [0.2, 0.25) is 0 Å². The fourth-order valence-corrected chi connectivity index (χ4v) is 1.91. The maximum atomic E-state index is 10.9. The van der Waals surface area contributed by atoms with Gasteiger partial charge in [0.15, 0.2) is 0 Å². The van der Waals surface area contributed by atoms with Crippen LogP contribution in [0.15, 0.2) is 45.9 Å². The lowest BCUT2D eigenvalue weighted by Gasteiger charge is -1.97. The number of esters is 1. The molecule has 7 nitrogen and oxygen atoms in total. The zero-order chi connectivity index (χ0) is 17.8. The molecule has 0 aliphatic rings. The predicted octanol–water partition coefficient (Wildman–Crippen LogP) is 2.78. The number of hydrogen-bond acceptors (Lipinski definition) is 6. The van der Waals surface area contributed by atoms with Gasteiger partial charge in [-0.1, -0.05) is 0 Å². The Morgan fingerprint density at radius 2 is 1.43 bits per heavy atom. The molecule has 23 heavy (non-hydrogen) atoms. The highest BCUT2D eigenvalue weighted by Gasteiger charge is 2.04. The minimum absolute atomic E-state index is 0.238. The number of halogens is 2. The average Bonchev–Trinajstić information content (AvgIpc) is 2.56. The first-order valence-corrected chi connectivity index (χ1v) is 7.52. The number of aliphatic hydroxyl groups is 1.